The molecular weight excluding hydrogens is 298 g/mol. The second-order valence-electron chi connectivity index (χ2n) is 3.91. The summed E-state index contributed by atoms with van der Waals surface area (Å²) in [6, 6.07) is 10.0. The molecule has 0 heterocycles. The molecule has 110 valence electrons. The van der Waals surface area contributed by atoms with Gasteiger partial charge in [-0.25, -0.2) is 12.1 Å². The average molecular weight is 316 g/mol. The van der Waals surface area contributed by atoms with Gasteiger partial charge in [0.25, 0.3) is 0 Å². The van der Waals surface area contributed by atoms with Crippen LogP contribution in [0.5, 0.6) is 0 Å². The number of carbonyl (C=O) groups is 1. The summed E-state index contributed by atoms with van der Waals surface area (Å²) >= 11 is 0. The Kier molecular flexibility index (Phi) is 10.0. The second kappa shape index (κ2) is 11.0. The Morgan fingerprint density at radius 3 is 2.20 bits per heavy atom. The van der Waals surface area contributed by atoms with Crippen LogP contribution in [-0.2, 0) is 21.9 Å². The molecule has 5 heteroatoms. The Bertz CT molecular complexity index is 430. The molecule has 0 bridgehead atoms. The zero-order valence-corrected chi connectivity index (χ0v) is 12.1. The smallest absolute Gasteiger partial charge is 0.303 e. The molecule has 0 fully saturated rings. The largest absolute Gasteiger partial charge is 0.494 e. The molecule has 1 aliphatic carbocycles. The normalized spacial score (nSPS) is 11.3. The Morgan fingerprint density at radius 2 is 1.75 bits per heavy atom. The molecule has 0 amide bonds. The molecule has 0 aliphatic heterocycles. The van der Waals surface area contributed by atoms with Crippen LogP contribution in [0, 0.1) is 0 Å². The molecule has 1 aromatic rings. The van der Waals surface area contributed by atoms with Gasteiger partial charge in [-0.3, -0.25) is 4.79 Å². The van der Waals surface area contributed by atoms with Gasteiger partial charge in [0, 0.05) is 35.6 Å². The van der Waals surface area contributed by atoms with Gasteiger partial charge in [0.2, 0.25) is 0 Å². The molecule has 0 saturated carbocycles. The first kappa shape index (κ1) is 18.2. The maximum absolute atomic E-state index is 10.2. The molecule has 3 N–H and O–H groups in total. The summed E-state index contributed by atoms with van der Waals surface area (Å²) < 4.78 is 0. The van der Waals surface area contributed by atoms with E-state index in [1.807, 2.05) is 42.5 Å². The van der Waals surface area contributed by atoms with Crippen molar-refractivity contribution in [3.05, 3.63) is 66.1 Å². The molecule has 2 rings (SSSR count). The molecule has 20 heavy (non-hydrogen) atoms. The molecule has 0 aromatic heterocycles. The fourth-order valence-corrected chi connectivity index (χ4v) is 1.40. The van der Waals surface area contributed by atoms with Gasteiger partial charge in [-0.05, 0) is 18.6 Å². The first-order valence-corrected chi connectivity index (χ1v) is 6.10. The molecule has 1 aromatic carbocycles. The molecule has 0 saturated heterocycles. The zero-order chi connectivity index (χ0) is 13.9. The van der Waals surface area contributed by atoms with Crippen LogP contribution in [0.1, 0.15) is 12.8 Å². The number of carboxylic acid groups (broad SMARTS) is 1. The predicted molar refractivity (Wildman–Crippen MR) is 74.8 cm³/mol. The third-order valence-corrected chi connectivity index (χ3v) is 2.35. The van der Waals surface area contributed by atoms with Crippen molar-refractivity contribution in [2.75, 3.05) is 6.54 Å². The van der Waals surface area contributed by atoms with Crippen LogP contribution < -0.4 is 5.32 Å². The molecule has 0 atom stereocenters. The van der Waals surface area contributed by atoms with Crippen LogP contribution in [0.15, 0.2) is 66.1 Å². The van der Waals surface area contributed by atoms with Crippen LogP contribution in [0.2, 0.25) is 0 Å². The summed E-state index contributed by atoms with van der Waals surface area (Å²) in [6.07, 6.45) is 7.81. The van der Waals surface area contributed by atoms with Gasteiger partial charge in [-0.1, -0.05) is 12.2 Å². The van der Waals surface area contributed by atoms with E-state index in [4.69, 9.17) is 5.11 Å². The Hall–Kier alpha value is -1.84. The van der Waals surface area contributed by atoms with E-state index in [-0.39, 0.29) is 29.4 Å². The summed E-state index contributed by atoms with van der Waals surface area (Å²) in [5.74, 6) is -0.722. The molecule has 0 radical (unpaired) electrons. The number of aliphatic hydroxyl groups is 1. The number of rotatable bonds is 5. The summed E-state index contributed by atoms with van der Waals surface area (Å²) in [5.41, 5.74) is 0.723. The van der Waals surface area contributed by atoms with Crippen LogP contribution in [-0.4, -0.2) is 22.7 Å². The summed E-state index contributed by atoms with van der Waals surface area (Å²) in [7, 11) is 0. The first-order chi connectivity index (χ1) is 9.20. The van der Waals surface area contributed by atoms with E-state index in [2.05, 4.69) is 5.32 Å². The van der Waals surface area contributed by atoms with Crippen molar-refractivity contribution in [2.45, 2.75) is 12.8 Å². The van der Waals surface area contributed by atoms with Crippen LogP contribution in [0.3, 0.4) is 0 Å². The third-order valence-electron chi connectivity index (χ3n) is 2.35. The number of carboxylic acids is 1. The van der Waals surface area contributed by atoms with Crippen molar-refractivity contribution < 1.29 is 32.1 Å². The quantitative estimate of drug-likeness (QED) is 0.338. The number of nitrogens with one attached hydrogen (secondary N) is 1. The van der Waals surface area contributed by atoms with Gasteiger partial charge >= 0.3 is 5.97 Å². The van der Waals surface area contributed by atoms with Gasteiger partial charge in [0.05, 0.1) is 0 Å². The Balaban J connectivity index is 0.000000507. The standard InChI is InChI=1S/C10H13NO3.C5H5.Fe/c12-9(13)6-3-7-11-10(14)8-4-1-2-5-8;1-2-4-5-3-1;/h1-2,4-5,11,14H,3,6-7H2,(H,12,13);1-5H;/q;-1;. The van der Waals surface area contributed by atoms with Crippen molar-refractivity contribution >= 4 is 5.97 Å². The van der Waals surface area contributed by atoms with E-state index in [0.29, 0.717) is 13.0 Å². The zero-order valence-electron chi connectivity index (χ0n) is 11.0. The van der Waals surface area contributed by atoms with Crippen LogP contribution >= 0.6 is 0 Å². The van der Waals surface area contributed by atoms with Crippen molar-refractivity contribution in [3.8, 4) is 0 Å². The molecule has 0 unspecified atom stereocenters. The van der Waals surface area contributed by atoms with Crippen LogP contribution in [0.25, 0.3) is 0 Å². The van der Waals surface area contributed by atoms with Gasteiger partial charge in [-0.2, -0.15) is 18.2 Å². The van der Waals surface area contributed by atoms with Crippen LogP contribution in [0.4, 0.5) is 0 Å². The minimum atomic E-state index is -0.820. The third kappa shape index (κ3) is 8.29. The summed E-state index contributed by atoms with van der Waals surface area (Å²) in [5, 5.41) is 20.5. The average Bonchev–Trinajstić information content (AvgIpc) is 3.07. The van der Waals surface area contributed by atoms with Gasteiger partial charge in [-0.15, -0.1) is 0 Å². The topological polar surface area (TPSA) is 69.6 Å². The number of allylic oxidation sites excluding steroid dienone is 5. The van der Waals surface area contributed by atoms with Crippen molar-refractivity contribution in [3.63, 3.8) is 0 Å². The van der Waals surface area contributed by atoms with E-state index in [1.54, 1.807) is 12.2 Å². The SMILES string of the molecule is O=C(O)CCCNC(O)=C1C=CC=C1.[Fe].c1cc[cH-]c1. The Morgan fingerprint density at radius 1 is 1.15 bits per heavy atom. The van der Waals surface area contributed by atoms with Gasteiger partial charge in [0.1, 0.15) is 0 Å². The molecule has 4 nitrogen and oxygen atoms in total. The van der Waals surface area contributed by atoms with E-state index in [0.717, 1.165) is 5.57 Å². The van der Waals surface area contributed by atoms with E-state index in [9.17, 15) is 9.90 Å². The number of aliphatic carboxylic acids is 1. The minimum Gasteiger partial charge on any atom is -0.494 e. The fourth-order valence-electron chi connectivity index (χ4n) is 1.40. The number of hydrogen-bond donors (Lipinski definition) is 3. The van der Waals surface area contributed by atoms with E-state index >= 15 is 0 Å². The predicted octanol–water partition coefficient (Wildman–Crippen LogP) is 2.74. The van der Waals surface area contributed by atoms with E-state index < -0.39 is 5.97 Å². The molecule has 1 aliphatic rings. The number of hydrogen-bond acceptors (Lipinski definition) is 3. The van der Waals surface area contributed by atoms with Gasteiger partial charge in [0.15, 0.2) is 5.88 Å². The maximum atomic E-state index is 10.2. The monoisotopic (exact) mass is 316 g/mol. The fraction of sp³-hybridized carbons (Fsp3) is 0.200. The number of aliphatic hydroxyl groups excluding tert-OH is 1. The second-order valence-corrected chi connectivity index (χ2v) is 3.91. The van der Waals surface area contributed by atoms with Crippen molar-refractivity contribution in [2.24, 2.45) is 0 Å². The summed E-state index contributed by atoms with van der Waals surface area (Å²) in [6.45, 7) is 0.462. The molecule has 0 spiro atoms. The van der Waals surface area contributed by atoms with E-state index in [1.165, 1.54) is 0 Å². The maximum Gasteiger partial charge on any atom is 0.303 e. The minimum absolute atomic E-state index is 0. The molecular formula is C15H18FeNO3-. The Labute approximate surface area is 129 Å². The van der Waals surface area contributed by atoms with Crippen molar-refractivity contribution in [1.82, 2.24) is 5.32 Å². The van der Waals surface area contributed by atoms with Gasteiger partial charge < -0.3 is 15.5 Å². The summed E-state index contributed by atoms with van der Waals surface area (Å²) in [4.78, 5) is 10.2. The first-order valence-electron chi connectivity index (χ1n) is 6.10. The van der Waals surface area contributed by atoms with Crippen molar-refractivity contribution in [1.29, 1.82) is 0 Å².